The molecule has 0 spiro atoms. The van der Waals surface area contributed by atoms with Gasteiger partial charge >= 0.3 is 0 Å². The third-order valence-electron chi connectivity index (χ3n) is 4.73. The van der Waals surface area contributed by atoms with E-state index in [9.17, 15) is 4.79 Å². The van der Waals surface area contributed by atoms with Crippen molar-refractivity contribution in [1.29, 1.82) is 0 Å². The van der Waals surface area contributed by atoms with E-state index >= 15 is 0 Å². The lowest BCUT2D eigenvalue weighted by Gasteiger charge is -2.27. The first-order chi connectivity index (χ1) is 12.2. The van der Waals surface area contributed by atoms with Gasteiger partial charge in [0.25, 0.3) is 5.91 Å². The first kappa shape index (κ1) is 15.6. The molecule has 128 valence electrons. The highest BCUT2D eigenvalue weighted by Gasteiger charge is 2.27. The Labute approximate surface area is 146 Å². The summed E-state index contributed by atoms with van der Waals surface area (Å²) in [5, 5.41) is 1.15. The van der Waals surface area contributed by atoms with Gasteiger partial charge < -0.3 is 19.4 Å². The van der Waals surface area contributed by atoms with Crippen LogP contribution in [-0.2, 0) is 13.0 Å². The van der Waals surface area contributed by atoms with Crippen LogP contribution in [0.4, 0.5) is 0 Å². The van der Waals surface area contributed by atoms with Crippen LogP contribution in [0.2, 0.25) is 0 Å². The van der Waals surface area contributed by atoms with Gasteiger partial charge in [-0.2, -0.15) is 0 Å². The second-order valence-electron chi connectivity index (χ2n) is 6.22. The van der Waals surface area contributed by atoms with Crippen LogP contribution in [0, 0.1) is 0 Å². The Kier molecular flexibility index (Phi) is 3.84. The van der Waals surface area contributed by atoms with Gasteiger partial charge in [0.2, 0.25) is 0 Å². The smallest absolute Gasteiger partial charge is 0.270 e. The van der Waals surface area contributed by atoms with E-state index in [1.54, 1.807) is 14.2 Å². The van der Waals surface area contributed by atoms with Gasteiger partial charge in [0.1, 0.15) is 17.2 Å². The van der Waals surface area contributed by atoms with Crippen molar-refractivity contribution >= 4 is 16.8 Å². The molecular formula is C20H20N2O3. The molecule has 5 heteroatoms. The predicted octanol–water partition coefficient (Wildman–Crippen LogP) is 3.38. The van der Waals surface area contributed by atoms with E-state index in [1.165, 1.54) is 0 Å². The van der Waals surface area contributed by atoms with Crippen molar-refractivity contribution in [3.05, 3.63) is 59.3 Å². The van der Waals surface area contributed by atoms with Crippen LogP contribution in [0.1, 0.15) is 21.6 Å². The van der Waals surface area contributed by atoms with Crippen LogP contribution >= 0.6 is 0 Å². The first-order valence-electron chi connectivity index (χ1n) is 8.30. The summed E-state index contributed by atoms with van der Waals surface area (Å²) < 4.78 is 10.6. The Balaban J connectivity index is 1.64. The number of hydrogen-bond acceptors (Lipinski definition) is 3. The molecule has 0 atom stereocenters. The molecule has 1 aliphatic rings. The average Bonchev–Trinajstić information content (AvgIpc) is 3.03. The number of para-hydroxylation sites is 1. The van der Waals surface area contributed by atoms with Crippen molar-refractivity contribution in [2.45, 2.75) is 13.0 Å². The highest BCUT2D eigenvalue weighted by atomic mass is 16.5. The molecule has 0 fully saturated rings. The highest BCUT2D eigenvalue weighted by Crippen LogP contribution is 2.29. The van der Waals surface area contributed by atoms with E-state index in [1.807, 2.05) is 41.3 Å². The van der Waals surface area contributed by atoms with Crippen molar-refractivity contribution in [1.82, 2.24) is 9.88 Å². The number of ether oxygens (including phenoxy) is 2. The quantitative estimate of drug-likeness (QED) is 0.795. The zero-order valence-corrected chi connectivity index (χ0v) is 14.3. The first-order valence-corrected chi connectivity index (χ1v) is 8.30. The van der Waals surface area contributed by atoms with Crippen LogP contribution in [0.15, 0.2) is 42.5 Å². The Bertz CT molecular complexity index is 923. The summed E-state index contributed by atoms with van der Waals surface area (Å²) in [5.41, 5.74) is 3.84. The number of nitrogens with zero attached hydrogens (tertiary/aromatic N) is 1. The van der Waals surface area contributed by atoms with Gasteiger partial charge in [-0.1, -0.05) is 18.2 Å². The lowest BCUT2D eigenvalue weighted by atomic mass is 10.0. The molecular weight excluding hydrogens is 316 g/mol. The molecule has 2 heterocycles. The summed E-state index contributed by atoms with van der Waals surface area (Å²) >= 11 is 0. The topological polar surface area (TPSA) is 54.6 Å². The van der Waals surface area contributed by atoms with E-state index in [0.29, 0.717) is 18.8 Å². The van der Waals surface area contributed by atoms with Crippen molar-refractivity contribution in [2.75, 3.05) is 20.8 Å². The third-order valence-corrected chi connectivity index (χ3v) is 4.73. The van der Waals surface area contributed by atoms with E-state index in [0.717, 1.165) is 39.9 Å². The number of nitrogens with one attached hydrogen (secondary N) is 1. The summed E-state index contributed by atoms with van der Waals surface area (Å²) in [6, 6.07) is 13.8. The van der Waals surface area contributed by atoms with Crippen molar-refractivity contribution in [2.24, 2.45) is 0 Å². The normalized spacial score (nSPS) is 13.8. The van der Waals surface area contributed by atoms with Crippen LogP contribution in [0.5, 0.6) is 11.5 Å². The molecule has 1 aliphatic heterocycles. The molecule has 0 saturated heterocycles. The van der Waals surface area contributed by atoms with Crippen LogP contribution in [0.25, 0.3) is 10.9 Å². The number of methoxy groups -OCH3 is 2. The number of carbonyl (C=O) groups is 1. The number of benzene rings is 2. The standard InChI is InChI=1S/C20H20N2O3/c1-24-14-9-13(10-15(11-14)25-2)12-22-8-7-17-16-5-3-4-6-18(16)21-19(17)20(22)23/h3-6,9-11,21H,7-8,12H2,1-2H3. The largest absolute Gasteiger partial charge is 0.497 e. The van der Waals surface area contributed by atoms with Gasteiger partial charge in [-0.05, 0) is 35.7 Å². The van der Waals surface area contributed by atoms with Gasteiger partial charge in [0.05, 0.1) is 14.2 Å². The minimum absolute atomic E-state index is 0.0410. The molecule has 5 nitrogen and oxygen atoms in total. The Hall–Kier alpha value is -2.95. The van der Waals surface area contributed by atoms with E-state index in [-0.39, 0.29) is 5.91 Å². The molecule has 0 radical (unpaired) electrons. The maximum Gasteiger partial charge on any atom is 0.270 e. The summed E-state index contributed by atoms with van der Waals surface area (Å²) in [7, 11) is 3.25. The number of aromatic amines is 1. The maximum absolute atomic E-state index is 12.9. The summed E-state index contributed by atoms with van der Waals surface area (Å²) in [6.45, 7) is 1.23. The minimum atomic E-state index is 0.0410. The zero-order chi connectivity index (χ0) is 17.4. The molecule has 25 heavy (non-hydrogen) atoms. The number of aromatic nitrogens is 1. The Morgan fingerprint density at radius 2 is 1.80 bits per heavy atom. The number of hydrogen-bond donors (Lipinski definition) is 1. The Morgan fingerprint density at radius 3 is 2.52 bits per heavy atom. The molecule has 4 rings (SSSR count). The van der Waals surface area contributed by atoms with Crippen LogP contribution in [0.3, 0.4) is 0 Å². The van der Waals surface area contributed by atoms with Crippen molar-refractivity contribution in [3.8, 4) is 11.5 Å². The van der Waals surface area contributed by atoms with Gasteiger partial charge in [-0.25, -0.2) is 0 Å². The molecule has 0 unspecified atom stereocenters. The van der Waals surface area contributed by atoms with Gasteiger partial charge in [0.15, 0.2) is 0 Å². The number of carbonyl (C=O) groups excluding carboxylic acids is 1. The van der Waals surface area contributed by atoms with Crippen molar-refractivity contribution < 1.29 is 14.3 Å². The summed E-state index contributed by atoms with van der Waals surface area (Å²) in [6.07, 6.45) is 0.853. The molecule has 1 N–H and O–H groups in total. The molecule has 0 bridgehead atoms. The van der Waals surface area contributed by atoms with Gasteiger partial charge in [-0.3, -0.25) is 4.79 Å². The van der Waals surface area contributed by atoms with Crippen LogP contribution in [-0.4, -0.2) is 36.6 Å². The van der Waals surface area contributed by atoms with E-state index < -0.39 is 0 Å². The third kappa shape index (κ3) is 2.71. The minimum Gasteiger partial charge on any atom is -0.497 e. The number of H-pyrrole nitrogens is 1. The SMILES string of the molecule is COc1cc(CN2CCc3c([nH]c4ccccc34)C2=O)cc(OC)c1. The zero-order valence-electron chi connectivity index (χ0n) is 14.3. The van der Waals surface area contributed by atoms with Crippen LogP contribution < -0.4 is 9.47 Å². The Morgan fingerprint density at radius 1 is 1.08 bits per heavy atom. The molecule has 1 amide bonds. The summed E-state index contributed by atoms with van der Waals surface area (Å²) in [4.78, 5) is 18.1. The monoisotopic (exact) mass is 336 g/mol. The number of rotatable bonds is 4. The second-order valence-corrected chi connectivity index (χ2v) is 6.22. The fraction of sp³-hybridized carbons (Fsp3) is 0.250. The molecule has 0 saturated carbocycles. The van der Waals surface area contributed by atoms with E-state index in [2.05, 4.69) is 11.1 Å². The fourth-order valence-electron chi connectivity index (χ4n) is 3.48. The number of amides is 1. The lowest BCUT2D eigenvalue weighted by molar-refractivity contribution is 0.0722. The molecule has 1 aromatic heterocycles. The van der Waals surface area contributed by atoms with E-state index in [4.69, 9.17) is 9.47 Å². The predicted molar refractivity (Wildman–Crippen MR) is 96.3 cm³/mol. The van der Waals surface area contributed by atoms with Gasteiger partial charge in [0, 0.05) is 30.1 Å². The summed E-state index contributed by atoms with van der Waals surface area (Å²) in [5.74, 6) is 1.49. The number of fused-ring (bicyclic) bond motifs is 3. The fourth-order valence-corrected chi connectivity index (χ4v) is 3.48. The lowest BCUT2D eigenvalue weighted by Crippen LogP contribution is -2.37. The molecule has 3 aromatic rings. The highest BCUT2D eigenvalue weighted by molar-refractivity contribution is 6.02. The van der Waals surface area contributed by atoms with Crippen molar-refractivity contribution in [3.63, 3.8) is 0 Å². The maximum atomic E-state index is 12.9. The average molecular weight is 336 g/mol. The second kappa shape index (κ2) is 6.16. The van der Waals surface area contributed by atoms with Gasteiger partial charge in [-0.15, -0.1) is 0 Å². The molecule has 2 aromatic carbocycles. The molecule has 0 aliphatic carbocycles.